The van der Waals surface area contributed by atoms with Crippen LogP contribution < -0.4 is 5.73 Å². The van der Waals surface area contributed by atoms with Crippen LogP contribution in [-0.2, 0) is 6.18 Å². The van der Waals surface area contributed by atoms with E-state index in [4.69, 9.17) is 5.73 Å². The Hall–Kier alpha value is -2.57. The van der Waals surface area contributed by atoms with Crippen molar-refractivity contribution in [1.29, 1.82) is 0 Å². The molecule has 0 saturated heterocycles. The summed E-state index contributed by atoms with van der Waals surface area (Å²) >= 11 is 0. The quantitative estimate of drug-likeness (QED) is 0.744. The van der Waals surface area contributed by atoms with E-state index in [1.165, 1.54) is 23.0 Å². The molecule has 0 aliphatic rings. The van der Waals surface area contributed by atoms with Crippen LogP contribution in [0.4, 0.5) is 19.1 Å². The zero-order valence-electron chi connectivity index (χ0n) is 10.1. The normalized spacial score (nSPS) is 11.9. The van der Waals surface area contributed by atoms with Gasteiger partial charge < -0.3 is 5.73 Å². The van der Waals surface area contributed by atoms with Gasteiger partial charge in [-0.2, -0.15) is 13.2 Å². The number of alkyl halides is 3. The molecule has 2 aromatic heterocycles. The zero-order valence-corrected chi connectivity index (χ0v) is 10.1. The lowest BCUT2D eigenvalue weighted by Crippen LogP contribution is -2.07. The van der Waals surface area contributed by atoms with Gasteiger partial charge in [-0.25, -0.2) is 4.98 Å². The fourth-order valence-corrected chi connectivity index (χ4v) is 2.04. The summed E-state index contributed by atoms with van der Waals surface area (Å²) in [6.07, 6.45) is -1.36. The molecule has 3 rings (SSSR count). The molecule has 0 unspecified atom stereocenters. The lowest BCUT2D eigenvalue weighted by atomic mass is 10.2. The van der Waals surface area contributed by atoms with Crippen LogP contribution in [0, 0.1) is 0 Å². The summed E-state index contributed by atoms with van der Waals surface area (Å²) in [4.78, 5) is 7.98. The van der Waals surface area contributed by atoms with E-state index < -0.39 is 11.7 Å². The number of halogens is 3. The molecule has 0 atom stereocenters. The predicted octanol–water partition coefficient (Wildman–Crippen LogP) is 3.02. The highest BCUT2D eigenvalue weighted by Crippen LogP contribution is 2.31. The van der Waals surface area contributed by atoms with Gasteiger partial charge in [-0.3, -0.25) is 9.55 Å². The van der Waals surface area contributed by atoms with Crippen LogP contribution in [0.2, 0.25) is 0 Å². The predicted molar refractivity (Wildman–Crippen MR) is 68.3 cm³/mol. The van der Waals surface area contributed by atoms with E-state index >= 15 is 0 Å². The van der Waals surface area contributed by atoms with Crippen molar-refractivity contribution in [2.45, 2.75) is 6.18 Å². The van der Waals surface area contributed by atoms with E-state index in [9.17, 15) is 13.2 Å². The molecule has 0 radical (unpaired) electrons. The average molecular weight is 278 g/mol. The molecule has 102 valence electrons. The number of rotatable bonds is 1. The molecule has 0 saturated carbocycles. The number of hydrogen-bond donors (Lipinski definition) is 1. The topological polar surface area (TPSA) is 56.7 Å². The molecule has 7 heteroatoms. The highest BCUT2D eigenvalue weighted by molar-refractivity contribution is 5.79. The third kappa shape index (κ3) is 1.97. The first-order chi connectivity index (χ1) is 9.47. The van der Waals surface area contributed by atoms with Gasteiger partial charge in [0.15, 0.2) is 0 Å². The maximum Gasteiger partial charge on any atom is 0.416 e. The summed E-state index contributed by atoms with van der Waals surface area (Å²) < 4.78 is 39.7. The molecular formula is C13H9F3N4. The second-order valence-electron chi connectivity index (χ2n) is 4.22. The smallest absolute Gasteiger partial charge is 0.369 e. The summed E-state index contributed by atoms with van der Waals surface area (Å²) in [7, 11) is 0. The molecule has 2 N–H and O–H groups in total. The Morgan fingerprint density at radius 1 is 1.15 bits per heavy atom. The highest BCUT2D eigenvalue weighted by atomic mass is 19.4. The minimum atomic E-state index is -4.40. The van der Waals surface area contributed by atoms with E-state index in [2.05, 4.69) is 9.97 Å². The average Bonchev–Trinajstić information content (AvgIpc) is 2.73. The third-order valence-corrected chi connectivity index (χ3v) is 2.91. The molecule has 0 amide bonds. The fraction of sp³-hybridized carbons (Fsp3) is 0.0769. The zero-order chi connectivity index (χ0) is 14.3. The van der Waals surface area contributed by atoms with Gasteiger partial charge in [-0.05, 0) is 24.3 Å². The van der Waals surface area contributed by atoms with E-state index in [-0.39, 0.29) is 5.95 Å². The van der Waals surface area contributed by atoms with E-state index in [1.54, 1.807) is 12.1 Å². The number of anilines is 1. The Morgan fingerprint density at radius 3 is 2.70 bits per heavy atom. The number of aromatic nitrogens is 3. The Balaban J connectivity index is 2.24. The second-order valence-corrected chi connectivity index (χ2v) is 4.22. The number of imidazole rings is 1. The number of nitrogen functional groups attached to an aromatic ring is 1. The number of nitrogens with two attached hydrogens (primary N) is 1. The summed E-state index contributed by atoms with van der Waals surface area (Å²) in [6, 6.07) is 6.59. The van der Waals surface area contributed by atoms with Crippen LogP contribution in [-0.4, -0.2) is 14.5 Å². The summed E-state index contributed by atoms with van der Waals surface area (Å²) in [5.74, 6) is 0.118. The number of fused-ring (bicyclic) bond motifs is 1. The van der Waals surface area contributed by atoms with Crippen molar-refractivity contribution in [2.24, 2.45) is 0 Å². The number of nitrogens with zero attached hydrogens (tertiary/aromatic N) is 3. The Labute approximate surface area is 111 Å². The molecule has 0 aliphatic heterocycles. The van der Waals surface area contributed by atoms with Crippen molar-refractivity contribution >= 4 is 17.0 Å². The molecule has 0 bridgehead atoms. The van der Waals surface area contributed by atoms with Crippen molar-refractivity contribution in [2.75, 3.05) is 5.73 Å². The van der Waals surface area contributed by atoms with Gasteiger partial charge in [0.05, 0.1) is 17.3 Å². The highest BCUT2D eigenvalue weighted by Gasteiger charge is 2.30. The molecule has 20 heavy (non-hydrogen) atoms. The maximum atomic E-state index is 12.8. The summed E-state index contributed by atoms with van der Waals surface area (Å²) in [5, 5.41) is 0. The molecule has 2 heterocycles. The Kier molecular flexibility index (Phi) is 2.63. The van der Waals surface area contributed by atoms with Gasteiger partial charge >= 0.3 is 6.18 Å². The first-order valence-electron chi connectivity index (χ1n) is 5.72. The lowest BCUT2D eigenvalue weighted by Gasteiger charge is -2.10. The molecule has 4 nitrogen and oxygen atoms in total. The van der Waals surface area contributed by atoms with Crippen molar-refractivity contribution in [3.05, 3.63) is 48.3 Å². The van der Waals surface area contributed by atoms with Gasteiger partial charge in [-0.15, -0.1) is 0 Å². The standard InChI is InChI=1S/C13H9F3N4/c14-13(15,16)8-2-1-3-9(6-8)20-11-4-5-18-7-10(11)19-12(20)17/h1-7H,(H2,17,19). The van der Waals surface area contributed by atoms with Crippen molar-refractivity contribution < 1.29 is 13.2 Å². The maximum absolute atomic E-state index is 12.8. The molecular weight excluding hydrogens is 269 g/mol. The molecule has 1 aromatic carbocycles. The second kappa shape index (κ2) is 4.22. The van der Waals surface area contributed by atoms with E-state index in [0.717, 1.165) is 12.1 Å². The van der Waals surface area contributed by atoms with Crippen LogP contribution in [0.3, 0.4) is 0 Å². The lowest BCUT2D eigenvalue weighted by molar-refractivity contribution is -0.137. The van der Waals surface area contributed by atoms with Crippen LogP contribution in [0.15, 0.2) is 42.7 Å². The Bertz CT molecular complexity index is 777. The molecule has 0 spiro atoms. The fourth-order valence-electron chi connectivity index (χ4n) is 2.04. The van der Waals surface area contributed by atoms with Gasteiger partial charge in [0.25, 0.3) is 0 Å². The first-order valence-corrected chi connectivity index (χ1v) is 5.72. The summed E-state index contributed by atoms with van der Waals surface area (Å²) in [6.45, 7) is 0. The third-order valence-electron chi connectivity index (χ3n) is 2.91. The van der Waals surface area contributed by atoms with Crippen molar-refractivity contribution in [3.8, 4) is 5.69 Å². The first kappa shape index (κ1) is 12.5. The largest absolute Gasteiger partial charge is 0.416 e. The van der Waals surface area contributed by atoms with Crippen molar-refractivity contribution in [1.82, 2.24) is 14.5 Å². The van der Waals surface area contributed by atoms with Crippen LogP contribution in [0.25, 0.3) is 16.7 Å². The molecule has 0 aliphatic carbocycles. The minimum Gasteiger partial charge on any atom is -0.369 e. The SMILES string of the molecule is Nc1nc2cnccc2n1-c1cccc(C(F)(F)F)c1. The molecule has 3 aromatic rings. The van der Waals surface area contributed by atoms with Crippen LogP contribution >= 0.6 is 0 Å². The van der Waals surface area contributed by atoms with Crippen LogP contribution in [0.1, 0.15) is 5.56 Å². The monoisotopic (exact) mass is 278 g/mol. The van der Waals surface area contributed by atoms with Gasteiger partial charge in [0, 0.05) is 11.9 Å². The number of pyridine rings is 1. The van der Waals surface area contributed by atoms with Gasteiger partial charge in [0.1, 0.15) is 5.52 Å². The van der Waals surface area contributed by atoms with E-state index in [1.807, 2.05) is 0 Å². The summed E-state index contributed by atoms with van der Waals surface area (Å²) in [5.41, 5.74) is 6.51. The van der Waals surface area contributed by atoms with Gasteiger partial charge in [-0.1, -0.05) is 6.07 Å². The van der Waals surface area contributed by atoms with E-state index in [0.29, 0.717) is 16.7 Å². The number of benzene rings is 1. The number of hydrogen-bond acceptors (Lipinski definition) is 3. The minimum absolute atomic E-state index is 0.118. The Morgan fingerprint density at radius 2 is 1.95 bits per heavy atom. The van der Waals surface area contributed by atoms with Crippen molar-refractivity contribution in [3.63, 3.8) is 0 Å². The molecule has 0 fully saturated rings. The van der Waals surface area contributed by atoms with Crippen LogP contribution in [0.5, 0.6) is 0 Å². The van der Waals surface area contributed by atoms with Gasteiger partial charge in [0.2, 0.25) is 5.95 Å².